The predicted molar refractivity (Wildman–Crippen MR) is 112 cm³/mol. The molecule has 154 valence electrons. The van der Waals surface area contributed by atoms with Gasteiger partial charge in [-0.05, 0) is 63.7 Å². The number of ether oxygens (including phenoxy) is 1. The molecule has 0 bridgehead atoms. The van der Waals surface area contributed by atoms with E-state index in [4.69, 9.17) is 4.74 Å². The molecule has 0 saturated carbocycles. The Hall–Kier alpha value is -1.95. The Bertz CT molecular complexity index is 789. The predicted octanol–water partition coefficient (Wildman–Crippen LogP) is 4.23. The van der Waals surface area contributed by atoms with E-state index in [1.54, 1.807) is 4.68 Å². The summed E-state index contributed by atoms with van der Waals surface area (Å²) >= 11 is 0. The second-order valence-electron chi connectivity index (χ2n) is 7.96. The SMILES string of the molecule is CCCN1CCC(CC(=O)c2nn(C)c3nc(OC(CC)CC)ccc23)CC1. The smallest absolute Gasteiger partial charge is 0.215 e. The van der Waals surface area contributed by atoms with Crippen LogP contribution in [0.2, 0.25) is 0 Å². The fraction of sp³-hybridized carbons (Fsp3) is 0.682. The molecular weight excluding hydrogens is 352 g/mol. The van der Waals surface area contributed by atoms with Crippen LogP contribution in [-0.2, 0) is 7.05 Å². The molecule has 1 fully saturated rings. The van der Waals surface area contributed by atoms with E-state index in [1.165, 1.54) is 13.0 Å². The van der Waals surface area contributed by atoms with Crippen LogP contribution in [0, 0.1) is 5.92 Å². The summed E-state index contributed by atoms with van der Waals surface area (Å²) in [6.07, 6.45) is 6.03. The van der Waals surface area contributed by atoms with Crippen molar-refractivity contribution in [3.63, 3.8) is 0 Å². The maximum atomic E-state index is 13.0. The van der Waals surface area contributed by atoms with E-state index in [0.29, 0.717) is 29.6 Å². The Kier molecular flexibility index (Phi) is 7.05. The number of carbonyl (C=O) groups excluding carboxylic acids is 1. The number of pyridine rings is 1. The van der Waals surface area contributed by atoms with Crippen molar-refractivity contribution < 1.29 is 9.53 Å². The Morgan fingerprint density at radius 2 is 1.93 bits per heavy atom. The number of Topliss-reactive ketones (excluding diaryl/α,β-unsaturated/α-hetero) is 1. The van der Waals surface area contributed by atoms with Crippen LogP contribution in [0.15, 0.2) is 12.1 Å². The molecule has 0 unspecified atom stereocenters. The first-order valence-electron chi connectivity index (χ1n) is 10.8. The van der Waals surface area contributed by atoms with Crippen molar-refractivity contribution in [3.05, 3.63) is 17.8 Å². The summed E-state index contributed by atoms with van der Waals surface area (Å²) in [5.41, 5.74) is 1.26. The maximum absolute atomic E-state index is 13.0. The summed E-state index contributed by atoms with van der Waals surface area (Å²) in [6.45, 7) is 9.82. The van der Waals surface area contributed by atoms with Gasteiger partial charge >= 0.3 is 0 Å². The van der Waals surface area contributed by atoms with Gasteiger partial charge in [0.2, 0.25) is 5.88 Å². The number of ketones is 1. The highest BCUT2D eigenvalue weighted by molar-refractivity contribution is 6.05. The number of aryl methyl sites for hydroxylation is 1. The van der Waals surface area contributed by atoms with Crippen LogP contribution in [0.4, 0.5) is 0 Å². The quantitative estimate of drug-likeness (QED) is 0.604. The third-order valence-corrected chi connectivity index (χ3v) is 5.84. The molecule has 28 heavy (non-hydrogen) atoms. The van der Waals surface area contributed by atoms with E-state index in [2.05, 4.69) is 35.8 Å². The number of carbonyl (C=O) groups is 1. The molecule has 0 N–H and O–H groups in total. The molecule has 2 aromatic heterocycles. The van der Waals surface area contributed by atoms with E-state index in [0.717, 1.165) is 44.2 Å². The van der Waals surface area contributed by atoms with Crippen molar-refractivity contribution >= 4 is 16.8 Å². The van der Waals surface area contributed by atoms with Gasteiger partial charge in [0.1, 0.15) is 5.69 Å². The molecule has 0 spiro atoms. The van der Waals surface area contributed by atoms with Gasteiger partial charge in [-0.15, -0.1) is 0 Å². The fourth-order valence-electron chi connectivity index (χ4n) is 4.10. The number of nitrogens with zero attached hydrogens (tertiary/aromatic N) is 4. The molecule has 0 amide bonds. The van der Waals surface area contributed by atoms with Crippen molar-refractivity contribution in [2.24, 2.45) is 13.0 Å². The minimum atomic E-state index is 0.134. The van der Waals surface area contributed by atoms with Gasteiger partial charge in [0.05, 0.1) is 11.5 Å². The van der Waals surface area contributed by atoms with Crippen LogP contribution in [0.1, 0.15) is 69.8 Å². The summed E-state index contributed by atoms with van der Waals surface area (Å²) < 4.78 is 7.66. The van der Waals surface area contributed by atoms with Crippen LogP contribution < -0.4 is 4.74 Å². The Morgan fingerprint density at radius 1 is 1.21 bits per heavy atom. The molecule has 0 aliphatic carbocycles. The maximum Gasteiger partial charge on any atom is 0.215 e. The van der Waals surface area contributed by atoms with E-state index < -0.39 is 0 Å². The van der Waals surface area contributed by atoms with Gasteiger partial charge in [-0.1, -0.05) is 20.8 Å². The van der Waals surface area contributed by atoms with Crippen LogP contribution in [0.25, 0.3) is 11.0 Å². The molecule has 0 atom stereocenters. The third kappa shape index (κ3) is 4.72. The number of aromatic nitrogens is 3. The van der Waals surface area contributed by atoms with E-state index >= 15 is 0 Å². The molecular formula is C22H34N4O2. The minimum Gasteiger partial charge on any atom is -0.474 e. The monoisotopic (exact) mass is 386 g/mol. The van der Waals surface area contributed by atoms with E-state index in [-0.39, 0.29) is 11.9 Å². The zero-order valence-corrected chi connectivity index (χ0v) is 17.8. The number of hydrogen-bond donors (Lipinski definition) is 0. The molecule has 3 rings (SSSR count). The number of rotatable bonds is 9. The zero-order chi connectivity index (χ0) is 20.1. The Balaban J connectivity index is 1.70. The van der Waals surface area contributed by atoms with Crippen molar-refractivity contribution in [1.82, 2.24) is 19.7 Å². The molecule has 1 aliphatic heterocycles. The highest BCUT2D eigenvalue weighted by Crippen LogP contribution is 2.26. The third-order valence-electron chi connectivity index (χ3n) is 5.84. The van der Waals surface area contributed by atoms with Crippen LogP contribution in [-0.4, -0.2) is 51.2 Å². The summed E-state index contributed by atoms with van der Waals surface area (Å²) in [7, 11) is 1.84. The van der Waals surface area contributed by atoms with Gasteiger partial charge in [-0.25, -0.2) is 4.68 Å². The molecule has 2 aromatic rings. The van der Waals surface area contributed by atoms with Crippen molar-refractivity contribution in [2.45, 2.75) is 65.4 Å². The summed E-state index contributed by atoms with van der Waals surface area (Å²) in [5.74, 6) is 1.20. The standard InChI is InChI=1S/C22H34N4O2/c1-5-12-26-13-10-16(11-14-26)15-19(27)21-18-8-9-20(28-17(6-2)7-3)23-22(18)25(4)24-21/h8-9,16-17H,5-7,10-15H2,1-4H3. The molecule has 3 heterocycles. The van der Waals surface area contributed by atoms with Crippen LogP contribution >= 0.6 is 0 Å². The normalized spacial score (nSPS) is 16.2. The van der Waals surface area contributed by atoms with Gasteiger partial charge in [0.25, 0.3) is 0 Å². The lowest BCUT2D eigenvalue weighted by Crippen LogP contribution is -2.34. The molecule has 6 heteroatoms. The summed E-state index contributed by atoms with van der Waals surface area (Å²) in [5, 5.41) is 5.33. The van der Waals surface area contributed by atoms with Gasteiger partial charge < -0.3 is 9.64 Å². The first kappa shape index (κ1) is 20.8. The average Bonchev–Trinajstić information content (AvgIpc) is 3.04. The first-order chi connectivity index (χ1) is 13.5. The molecule has 1 aliphatic rings. The largest absolute Gasteiger partial charge is 0.474 e. The number of piperidine rings is 1. The van der Waals surface area contributed by atoms with Crippen molar-refractivity contribution in [2.75, 3.05) is 19.6 Å². The zero-order valence-electron chi connectivity index (χ0n) is 17.8. The van der Waals surface area contributed by atoms with E-state index in [9.17, 15) is 4.79 Å². The molecule has 0 radical (unpaired) electrons. The highest BCUT2D eigenvalue weighted by atomic mass is 16.5. The highest BCUT2D eigenvalue weighted by Gasteiger charge is 2.24. The fourth-order valence-corrected chi connectivity index (χ4v) is 4.10. The molecule has 1 saturated heterocycles. The lowest BCUT2D eigenvalue weighted by molar-refractivity contribution is 0.0924. The lowest BCUT2D eigenvalue weighted by Gasteiger charge is -2.31. The molecule has 6 nitrogen and oxygen atoms in total. The average molecular weight is 387 g/mol. The topological polar surface area (TPSA) is 60.2 Å². The summed E-state index contributed by atoms with van der Waals surface area (Å²) in [6, 6.07) is 3.80. The van der Waals surface area contributed by atoms with Crippen molar-refractivity contribution in [3.8, 4) is 5.88 Å². The number of hydrogen-bond acceptors (Lipinski definition) is 5. The van der Waals surface area contributed by atoms with Crippen LogP contribution in [0.5, 0.6) is 5.88 Å². The second-order valence-corrected chi connectivity index (χ2v) is 7.96. The Labute approximate surface area is 168 Å². The number of likely N-dealkylation sites (tertiary alicyclic amines) is 1. The minimum absolute atomic E-state index is 0.134. The first-order valence-corrected chi connectivity index (χ1v) is 10.8. The lowest BCUT2D eigenvalue weighted by atomic mass is 9.90. The van der Waals surface area contributed by atoms with Gasteiger partial charge in [-0.2, -0.15) is 10.1 Å². The Morgan fingerprint density at radius 3 is 2.57 bits per heavy atom. The second kappa shape index (κ2) is 9.50. The van der Waals surface area contributed by atoms with Crippen LogP contribution in [0.3, 0.4) is 0 Å². The van der Waals surface area contributed by atoms with Gasteiger partial charge in [0.15, 0.2) is 11.4 Å². The number of fused-ring (bicyclic) bond motifs is 1. The van der Waals surface area contributed by atoms with E-state index in [1.807, 2.05) is 19.2 Å². The van der Waals surface area contributed by atoms with Crippen molar-refractivity contribution in [1.29, 1.82) is 0 Å². The summed E-state index contributed by atoms with van der Waals surface area (Å²) in [4.78, 5) is 20.1. The molecule has 0 aromatic carbocycles. The van der Waals surface area contributed by atoms with Gasteiger partial charge in [-0.3, -0.25) is 4.79 Å². The van der Waals surface area contributed by atoms with Gasteiger partial charge in [0, 0.05) is 19.5 Å².